The highest BCUT2D eigenvalue weighted by Gasteiger charge is 2.32. The molecular formula is C58H117Cl2F3N18O25S7. The number of halogens is 5. The summed E-state index contributed by atoms with van der Waals surface area (Å²) in [4.78, 5) is 59.2. The lowest BCUT2D eigenvalue weighted by molar-refractivity contribution is -0.511. The molecule has 0 atom stereocenters. The number of carbonyl (C=O) groups is 4. The van der Waals surface area contributed by atoms with Crippen LogP contribution >= 0.6 is 21.4 Å². The van der Waals surface area contributed by atoms with Crippen LogP contribution in [-0.2, 0) is 98.1 Å². The van der Waals surface area contributed by atoms with Crippen molar-refractivity contribution in [3.63, 3.8) is 0 Å². The molecule has 55 heteroatoms. The summed E-state index contributed by atoms with van der Waals surface area (Å²) >= 11 is 0. The van der Waals surface area contributed by atoms with E-state index < -0.39 is 134 Å². The highest BCUT2D eigenvalue weighted by Crippen LogP contribution is 2.20. The lowest BCUT2D eigenvalue weighted by Gasteiger charge is -2.31. The van der Waals surface area contributed by atoms with E-state index >= 15 is 0 Å². The maximum Gasteiger partial charge on any atom is 0.493 e. The number of hydrogen-bond acceptors (Lipinski definition) is 31. The van der Waals surface area contributed by atoms with Gasteiger partial charge in [0.1, 0.15) is 16.8 Å². The molecule has 6 fully saturated rings. The van der Waals surface area contributed by atoms with E-state index in [4.69, 9.17) is 50.5 Å². The van der Waals surface area contributed by atoms with E-state index in [1.54, 1.807) is 121 Å². The number of nitrogens with two attached hydrogens (primary N) is 3. The fraction of sp³-hybridized carbons (Fsp3) is 0.810. The molecule has 113 heavy (non-hydrogen) atoms. The first-order valence-electron chi connectivity index (χ1n) is 33.7. The second-order valence-corrected chi connectivity index (χ2v) is 41.6. The SMILES string of the molecule is CC(C)(C)O.CC(C)(C)OC(=O)NS(=O)(=O)Cl.CC(C)(C)OC(=O)NS(=O)(=O)NC1CC1.CN(C)c1cc[n+](S(=O)(=O)N=C([O-])OC(C)(C)C)cc1.CN1CCN(S(=O)(=O)NC(=O)OC(C)(C)C)CC1.CN1CCN(S(N)(=O)=O)CC1.CN1CCNCC1.NC1CC1.NS(=O)(=O)NC1CC1.O=C=NS(=O)(=O)Cl.O=CC(F)(F)F. The number of amides is 3. The van der Waals surface area contributed by atoms with Crippen LogP contribution in [0.1, 0.15) is 142 Å². The first-order valence-corrected chi connectivity index (χ1v) is 45.6. The number of rotatable bonds is 13. The predicted molar refractivity (Wildman–Crippen MR) is 416 cm³/mol. The van der Waals surface area contributed by atoms with Crippen LogP contribution in [0.5, 0.6) is 0 Å². The molecule has 0 spiro atoms. The molecule has 13 N–H and O–H groups in total. The molecule has 0 unspecified atom stereocenters. The molecule has 3 aliphatic carbocycles. The van der Waals surface area contributed by atoms with Gasteiger partial charge in [-0.2, -0.15) is 81.7 Å². The minimum Gasteiger partial charge on any atom is -0.594 e. The molecule has 0 radical (unpaired) electrons. The van der Waals surface area contributed by atoms with Crippen molar-refractivity contribution in [3.05, 3.63) is 24.5 Å². The van der Waals surface area contributed by atoms with Crippen LogP contribution in [0.2, 0.25) is 0 Å². The van der Waals surface area contributed by atoms with Gasteiger partial charge in [0, 0.05) is 156 Å². The number of aldehydes is 1. The second kappa shape index (κ2) is 50.4. The largest absolute Gasteiger partial charge is 0.594 e. The van der Waals surface area contributed by atoms with E-state index in [0.29, 0.717) is 45.3 Å². The van der Waals surface area contributed by atoms with Crippen molar-refractivity contribution in [3.8, 4) is 0 Å². The number of aliphatic hydroxyl groups is 1. The zero-order chi connectivity index (χ0) is 89.6. The molecule has 0 bridgehead atoms. The first kappa shape index (κ1) is 114. The van der Waals surface area contributed by atoms with Gasteiger partial charge >= 0.3 is 73.6 Å². The number of hydrogen-bond donors (Lipinski definition) is 10. The van der Waals surface area contributed by atoms with Gasteiger partial charge in [0.2, 0.25) is 6.29 Å². The third-order valence-corrected chi connectivity index (χ3v) is 18.2. The van der Waals surface area contributed by atoms with E-state index in [-0.39, 0.29) is 12.1 Å². The van der Waals surface area contributed by atoms with E-state index in [1.807, 2.05) is 42.7 Å². The Hall–Kier alpha value is -5.38. The van der Waals surface area contributed by atoms with Crippen LogP contribution < -0.4 is 58.9 Å². The fourth-order valence-corrected chi connectivity index (χ4v) is 11.2. The average molecular weight is 1820 g/mol. The quantitative estimate of drug-likeness (QED) is 0.0227. The van der Waals surface area contributed by atoms with Gasteiger partial charge in [-0.3, -0.25) is 4.79 Å². The van der Waals surface area contributed by atoms with Crippen LogP contribution in [0.3, 0.4) is 0 Å². The van der Waals surface area contributed by atoms with Crippen molar-refractivity contribution in [1.82, 2.24) is 52.2 Å². The number of nitrogens with zero attached hydrogens (tertiary/aromatic N) is 9. The lowest BCUT2D eigenvalue weighted by atomic mass is 10.2. The number of isocyanates is 1. The lowest BCUT2D eigenvalue weighted by Crippen LogP contribution is -2.52. The van der Waals surface area contributed by atoms with Crippen LogP contribution in [0.15, 0.2) is 33.3 Å². The van der Waals surface area contributed by atoms with Crippen molar-refractivity contribution in [1.29, 1.82) is 0 Å². The van der Waals surface area contributed by atoms with Gasteiger partial charge in [-0.1, -0.05) is 33.5 Å². The normalized spacial score (nSPS) is 17.1. The Labute approximate surface area is 673 Å². The molecule has 43 nitrogen and oxygen atoms in total. The standard InChI is InChI=1S/C12H19N3O4S.C10H21N3O4S.C8H16N2O4S.C5H10ClNO4S.C5H13N3O2S.C5H12N2.C4H10O.C3H8N2O2S.C3H7N.C2HF3O.CClNO3S/c1-12(2,3)19-11(16)13-20(17,18)15-8-6-10(7-9-15)14(4)5;1-10(2,3)17-9(14)11-18(15,16)13-7-5-12(4)6-8-13;1-8(2,3)14-7(11)10-15(12,13)9-6-4-5-6;1-5(2,3)11-4(8)7-12(6,9)10;1-7-2-4-8(5-3-7)11(6,9)10;1-7-4-2-6-3-5-7;1-4(2,3)5;4-8(6,7)5-3-1-2-3;4-3-1-2-3;3-2(4,5)1-6;2-7(5,6)3-1-4/h6-9H,1-5H3;5-8H2,1-4H3,(H,11,14);6,9H,4-5H2,1-3H3,(H,10,11);1-3H3,(H,7,8);2-5H2,1H3,(H2,6,9,10);6H,2-5H2,1H3;5H,1-3H3;3,5H,1-2H2,(H2,4,6,7);3H,1-2,4H2;1H;. The predicted octanol–water partition coefficient (Wildman–Crippen LogP) is -0.491. The Bertz CT molecular complexity index is 3940. The van der Waals surface area contributed by atoms with E-state index in [0.717, 1.165) is 67.6 Å². The van der Waals surface area contributed by atoms with Crippen molar-refractivity contribution < 1.29 is 129 Å². The van der Waals surface area contributed by atoms with Gasteiger partial charge in [-0.05, 0) is 143 Å². The third-order valence-electron chi connectivity index (χ3n) is 11.7. The monoisotopic (exact) mass is 1820 g/mol. The van der Waals surface area contributed by atoms with Gasteiger partial charge in [0.25, 0.3) is 26.5 Å². The number of nitrogens with one attached hydrogen (secondary N) is 6. The maximum absolute atomic E-state index is 11.9. The summed E-state index contributed by atoms with van der Waals surface area (Å²) in [7, 11) is -7.80. The first-order chi connectivity index (χ1) is 50.4. The number of anilines is 1. The molecule has 1 aromatic heterocycles. The van der Waals surface area contributed by atoms with Gasteiger partial charge in [0.15, 0.2) is 18.5 Å². The summed E-state index contributed by atoms with van der Waals surface area (Å²) in [5.41, 5.74) is 2.58. The van der Waals surface area contributed by atoms with Crippen molar-refractivity contribution in [2.75, 3.05) is 119 Å². The summed E-state index contributed by atoms with van der Waals surface area (Å²) in [5, 5.41) is 32.8. The molecular weight excluding hydrogens is 1700 g/mol. The number of pyridine rings is 1. The number of ether oxygens (including phenoxy) is 4. The van der Waals surface area contributed by atoms with Gasteiger partial charge in [-0.25, -0.2) is 43.6 Å². The molecule has 7 rings (SSSR count). The summed E-state index contributed by atoms with van der Waals surface area (Å²) in [6.45, 7) is 34.3. The Morgan fingerprint density at radius 3 is 1.18 bits per heavy atom. The summed E-state index contributed by atoms with van der Waals surface area (Å²) < 4.78 is 220. The minimum atomic E-state index is -4.64. The van der Waals surface area contributed by atoms with Crippen molar-refractivity contribution in [2.45, 2.75) is 195 Å². The van der Waals surface area contributed by atoms with E-state index in [9.17, 15) is 91.6 Å². The zero-order valence-electron chi connectivity index (χ0n) is 67.1. The average Bonchev–Trinajstić information content (AvgIpc) is 1.23. The van der Waals surface area contributed by atoms with Gasteiger partial charge in [0.05, 0.1) is 5.60 Å². The van der Waals surface area contributed by atoms with Crippen LogP contribution in [0.25, 0.3) is 0 Å². The topological polar surface area (TPSA) is 603 Å². The molecule has 3 amide bonds. The molecule has 3 saturated carbocycles. The summed E-state index contributed by atoms with van der Waals surface area (Å²) in [6, 6.07) is 3.87. The fourth-order valence-electron chi connectivity index (χ4n) is 6.43. The molecule has 0 aromatic carbocycles. The van der Waals surface area contributed by atoms with Crippen LogP contribution in [-0.4, -0.2) is 290 Å². The summed E-state index contributed by atoms with van der Waals surface area (Å²) in [6.07, 6.45) is -0.420. The third kappa shape index (κ3) is 80.2. The minimum absolute atomic E-state index is 0.0371. The van der Waals surface area contributed by atoms with Gasteiger partial charge in [-0.15, -0.1) is 8.42 Å². The van der Waals surface area contributed by atoms with E-state index in [1.165, 1.54) is 51.7 Å². The number of piperazine rings is 3. The highest BCUT2D eigenvalue weighted by atomic mass is 35.7. The van der Waals surface area contributed by atoms with Crippen LogP contribution in [0.4, 0.5) is 33.2 Å². The molecule has 6 aliphatic rings. The number of alkyl halides is 3. The molecule has 666 valence electrons. The molecule has 3 saturated heterocycles. The van der Waals surface area contributed by atoms with Gasteiger partial charge < -0.3 is 59.8 Å². The second-order valence-electron chi connectivity index (χ2n) is 29.7. The molecule has 3 aliphatic heterocycles. The molecule has 1 aromatic rings. The van der Waals surface area contributed by atoms with E-state index in [2.05, 4.69) is 61.0 Å². The Balaban J connectivity index is -0.000000596. The Morgan fingerprint density at radius 1 is 0.602 bits per heavy atom. The number of likely N-dealkylation sites (N-methyl/N-ethyl adjacent to an activating group) is 3. The van der Waals surface area contributed by atoms with Crippen molar-refractivity contribution >= 4 is 133 Å². The summed E-state index contributed by atoms with van der Waals surface area (Å²) in [5.74, 6) is 0. The Morgan fingerprint density at radius 2 is 0.929 bits per heavy atom. The maximum atomic E-state index is 11.9. The number of aromatic nitrogens is 1. The van der Waals surface area contributed by atoms with Crippen molar-refractivity contribution in [2.24, 2.45) is 24.8 Å². The zero-order valence-corrected chi connectivity index (χ0v) is 74.3. The molecule has 4 heterocycles. The Kier molecular flexibility index (Phi) is 50.8. The highest BCUT2D eigenvalue weighted by molar-refractivity contribution is 8.13. The van der Waals surface area contributed by atoms with Crippen LogP contribution in [0, 0.1) is 0 Å². The smallest absolute Gasteiger partial charge is 0.493 e. The number of carbonyl (C=O) groups excluding carboxylic acids is 5.